The van der Waals surface area contributed by atoms with Gasteiger partial charge in [0.25, 0.3) is 5.56 Å². The van der Waals surface area contributed by atoms with Gasteiger partial charge in [0.1, 0.15) is 11.1 Å². The zero-order chi connectivity index (χ0) is 18.1. The van der Waals surface area contributed by atoms with Crippen molar-refractivity contribution in [2.75, 3.05) is 6.61 Å². The summed E-state index contributed by atoms with van der Waals surface area (Å²) in [6.45, 7) is 2.24. The summed E-state index contributed by atoms with van der Waals surface area (Å²) in [5, 5.41) is 1.13. The quantitative estimate of drug-likeness (QED) is 0.698. The maximum Gasteiger partial charge on any atom is 0.332 e. The summed E-state index contributed by atoms with van der Waals surface area (Å²) in [5.41, 5.74) is -0.0591. The lowest BCUT2D eigenvalue weighted by molar-refractivity contribution is 0.343. The van der Waals surface area contributed by atoms with E-state index in [4.69, 9.17) is 27.9 Å². The minimum atomic E-state index is -0.482. The fourth-order valence-electron chi connectivity index (χ4n) is 2.62. The Morgan fingerprint density at radius 3 is 2.64 bits per heavy atom. The van der Waals surface area contributed by atoms with Crippen LogP contribution in [0.3, 0.4) is 0 Å². The number of fused-ring (bicyclic) bond motifs is 1. The Morgan fingerprint density at radius 2 is 1.96 bits per heavy atom. The van der Waals surface area contributed by atoms with E-state index in [2.05, 4.69) is 4.98 Å². The van der Waals surface area contributed by atoms with Crippen molar-refractivity contribution in [3.8, 4) is 5.75 Å². The monoisotopic (exact) mass is 379 g/mol. The van der Waals surface area contributed by atoms with E-state index in [1.165, 1.54) is 10.8 Å². The maximum absolute atomic E-state index is 12.9. The van der Waals surface area contributed by atoms with Gasteiger partial charge in [-0.05, 0) is 30.7 Å². The number of benzene rings is 1. The minimum Gasteiger partial charge on any atom is -0.493 e. The number of aryl methyl sites for hydroxylation is 1. The van der Waals surface area contributed by atoms with Gasteiger partial charge in [0.2, 0.25) is 0 Å². The fraction of sp³-hybridized carbons (Fsp3) is 0.235. The smallest absolute Gasteiger partial charge is 0.332 e. The molecule has 2 heterocycles. The van der Waals surface area contributed by atoms with Gasteiger partial charge in [0.05, 0.1) is 13.2 Å². The SMILES string of the molecule is CCOc1ccnc2c1c(=O)n(Cc1ccc(Cl)cc1Cl)c(=O)n2C. The van der Waals surface area contributed by atoms with Gasteiger partial charge in [-0.2, -0.15) is 0 Å². The average Bonchev–Trinajstić information content (AvgIpc) is 2.58. The molecule has 8 heteroatoms. The van der Waals surface area contributed by atoms with Crippen molar-refractivity contribution in [2.45, 2.75) is 13.5 Å². The van der Waals surface area contributed by atoms with E-state index in [9.17, 15) is 9.59 Å². The zero-order valence-corrected chi connectivity index (χ0v) is 15.1. The highest BCUT2D eigenvalue weighted by Gasteiger charge is 2.17. The first kappa shape index (κ1) is 17.5. The standard InChI is InChI=1S/C17H15Cl2N3O3/c1-3-25-13-6-7-20-15-14(13)16(23)22(17(24)21(15)2)9-10-4-5-11(18)8-12(10)19/h4-8H,3,9H2,1-2H3. The Morgan fingerprint density at radius 1 is 1.20 bits per heavy atom. The third kappa shape index (κ3) is 3.15. The number of nitrogens with zero attached hydrogens (tertiary/aromatic N) is 3. The molecule has 0 saturated heterocycles. The molecule has 0 spiro atoms. The Labute approximate surface area is 153 Å². The van der Waals surface area contributed by atoms with Crippen molar-refractivity contribution >= 4 is 34.2 Å². The van der Waals surface area contributed by atoms with Gasteiger partial charge in [0.15, 0.2) is 5.65 Å². The van der Waals surface area contributed by atoms with E-state index in [1.54, 1.807) is 31.3 Å². The molecule has 0 aliphatic heterocycles. The highest BCUT2D eigenvalue weighted by atomic mass is 35.5. The second-order valence-corrected chi connectivity index (χ2v) is 6.25. The molecule has 3 rings (SSSR count). The topological polar surface area (TPSA) is 66.1 Å². The fourth-order valence-corrected chi connectivity index (χ4v) is 3.09. The molecule has 0 aliphatic carbocycles. The number of hydrogen-bond donors (Lipinski definition) is 0. The van der Waals surface area contributed by atoms with Crippen molar-refractivity contribution in [3.63, 3.8) is 0 Å². The lowest BCUT2D eigenvalue weighted by Crippen LogP contribution is -2.39. The Kier molecular flexibility index (Phi) is 4.83. The molecular formula is C17H15Cl2N3O3. The molecule has 2 aromatic heterocycles. The number of rotatable bonds is 4. The molecule has 0 N–H and O–H groups in total. The summed E-state index contributed by atoms with van der Waals surface area (Å²) >= 11 is 12.1. The van der Waals surface area contributed by atoms with Crippen molar-refractivity contribution < 1.29 is 4.74 Å². The highest BCUT2D eigenvalue weighted by molar-refractivity contribution is 6.35. The lowest BCUT2D eigenvalue weighted by atomic mass is 10.2. The molecule has 25 heavy (non-hydrogen) atoms. The first-order chi connectivity index (χ1) is 11.9. The molecule has 130 valence electrons. The first-order valence-electron chi connectivity index (χ1n) is 7.59. The van der Waals surface area contributed by atoms with E-state index in [0.717, 1.165) is 4.57 Å². The van der Waals surface area contributed by atoms with Crippen LogP contribution in [0.2, 0.25) is 10.0 Å². The van der Waals surface area contributed by atoms with Crippen LogP contribution >= 0.6 is 23.2 Å². The number of halogens is 2. The van der Waals surface area contributed by atoms with Crippen molar-refractivity contribution in [2.24, 2.45) is 7.05 Å². The molecule has 0 aliphatic rings. The van der Waals surface area contributed by atoms with Crippen molar-refractivity contribution in [1.82, 2.24) is 14.1 Å². The van der Waals surface area contributed by atoms with Crippen LogP contribution in [-0.2, 0) is 13.6 Å². The van der Waals surface area contributed by atoms with Gasteiger partial charge in [-0.1, -0.05) is 29.3 Å². The molecule has 0 atom stereocenters. The van der Waals surface area contributed by atoms with Gasteiger partial charge in [-0.25, -0.2) is 9.78 Å². The summed E-state index contributed by atoms with van der Waals surface area (Å²) in [7, 11) is 1.56. The molecule has 0 fully saturated rings. The summed E-state index contributed by atoms with van der Waals surface area (Å²) in [6, 6.07) is 6.53. The molecule has 0 saturated carbocycles. The van der Waals surface area contributed by atoms with Gasteiger partial charge in [0, 0.05) is 23.3 Å². The predicted octanol–water partition coefficient (Wildman–Crippen LogP) is 2.85. The van der Waals surface area contributed by atoms with Crippen LogP contribution in [0.25, 0.3) is 11.0 Å². The van der Waals surface area contributed by atoms with Gasteiger partial charge < -0.3 is 4.74 Å². The van der Waals surface area contributed by atoms with Crippen LogP contribution in [-0.4, -0.2) is 20.7 Å². The van der Waals surface area contributed by atoms with E-state index >= 15 is 0 Å². The molecule has 0 amide bonds. The molecule has 6 nitrogen and oxygen atoms in total. The normalized spacial score (nSPS) is 11.0. The van der Waals surface area contributed by atoms with Gasteiger partial charge >= 0.3 is 5.69 Å². The number of aromatic nitrogens is 3. The highest BCUT2D eigenvalue weighted by Crippen LogP contribution is 2.22. The van der Waals surface area contributed by atoms with E-state index in [0.29, 0.717) is 28.0 Å². The number of hydrogen-bond acceptors (Lipinski definition) is 4. The zero-order valence-electron chi connectivity index (χ0n) is 13.6. The molecule has 3 aromatic rings. The maximum atomic E-state index is 12.9. The Bertz CT molecular complexity index is 1070. The van der Waals surface area contributed by atoms with E-state index in [-0.39, 0.29) is 17.6 Å². The summed E-state index contributed by atoms with van der Waals surface area (Å²) < 4.78 is 7.96. The summed E-state index contributed by atoms with van der Waals surface area (Å²) in [5.74, 6) is 0.393. The average molecular weight is 380 g/mol. The van der Waals surface area contributed by atoms with Crippen LogP contribution < -0.4 is 16.0 Å². The molecule has 1 aromatic carbocycles. The first-order valence-corrected chi connectivity index (χ1v) is 8.35. The third-order valence-electron chi connectivity index (χ3n) is 3.83. The largest absolute Gasteiger partial charge is 0.493 e. The molecule has 0 radical (unpaired) electrons. The second-order valence-electron chi connectivity index (χ2n) is 5.41. The number of pyridine rings is 1. The van der Waals surface area contributed by atoms with Crippen LogP contribution in [0.1, 0.15) is 12.5 Å². The predicted molar refractivity (Wildman–Crippen MR) is 98.0 cm³/mol. The van der Waals surface area contributed by atoms with Crippen LogP contribution in [0, 0.1) is 0 Å². The molecular weight excluding hydrogens is 365 g/mol. The van der Waals surface area contributed by atoms with Crippen molar-refractivity contribution in [1.29, 1.82) is 0 Å². The van der Waals surface area contributed by atoms with Gasteiger partial charge in [-0.15, -0.1) is 0 Å². The summed E-state index contributed by atoms with van der Waals surface area (Å²) in [4.78, 5) is 29.7. The lowest BCUT2D eigenvalue weighted by Gasteiger charge is -2.13. The second kappa shape index (κ2) is 6.90. The van der Waals surface area contributed by atoms with Gasteiger partial charge in [-0.3, -0.25) is 13.9 Å². The van der Waals surface area contributed by atoms with Crippen LogP contribution in [0.5, 0.6) is 5.75 Å². The van der Waals surface area contributed by atoms with Crippen LogP contribution in [0.15, 0.2) is 40.1 Å². The number of ether oxygens (including phenoxy) is 1. The summed E-state index contributed by atoms with van der Waals surface area (Å²) in [6.07, 6.45) is 1.51. The van der Waals surface area contributed by atoms with E-state index < -0.39 is 11.2 Å². The minimum absolute atomic E-state index is 0.0257. The third-order valence-corrected chi connectivity index (χ3v) is 4.42. The Hall–Kier alpha value is -2.31. The van der Waals surface area contributed by atoms with Crippen LogP contribution in [0.4, 0.5) is 0 Å². The van der Waals surface area contributed by atoms with Crippen molar-refractivity contribution in [3.05, 3.63) is 66.9 Å². The molecule has 0 bridgehead atoms. The van der Waals surface area contributed by atoms with E-state index in [1.807, 2.05) is 6.92 Å². The Balaban J connectivity index is 2.27. The molecule has 0 unspecified atom stereocenters.